The zero-order chi connectivity index (χ0) is 14.5. The number of rotatable bonds is 5. The molecule has 0 aliphatic carbocycles. The zero-order valence-corrected chi connectivity index (χ0v) is 13.6. The van der Waals surface area contributed by atoms with E-state index in [1.165, 1.54) is 6.92 Å². The standard InChI is InChI=1S/C14H15BrN2O2S/c1-9(18)17-12-5-6-20-14(12)8-16-10-3-4-11(15)13(7-10)19-2/h3-7,16H,8H2,1-2H3,(H,17,18). The van der Waals surface area contributed by atoms with Crippen LogP contribution in [0.3, 0.4) is 0 Å². The number of carbonyl (C=O) groups excluding carboxylic acids is 1. The zero-order valence-electron chi connectivity index (χ0n) is 11.2. The Morgan fingerprint density at radius 1 is 1.40 bits per heavy atom. The van der Waals surface area contributed by atoms with Crippen molar-refractivity contribution < 1.29 is 9.53 Å². The van der Waals surface area contributed by atoms with Crippen molar-refractivity contribution in [2.24, 2.45) is 0 Å². The van der Waals surface area contributed by atoms with Crippen molar-refractivity contribution in [2.75, 3.05) is 17.7 Å². The maximum Gasteiger partial charge on any atom is 0.221 e. The fourth-order valence-electron chi connectivity index (χ4n) is 1.73. The monoisotopic (exact) mass is 354 g/mol. The van der Waals surface area contributed by atoms with Gasteiger partial charge in [-0.25, -0.2) is 0 Å². The minimum absolute atomic E-state index is 0.0602. The lowest BCUT2D eigenvalue weighted by atomic mass is 10.3. The fraction of sp³-hybridized carbons (Fsp3) is 0.214. The van der Waals surface area contributed by atoms with Crippen molar-refractivity contribution in [3.63, 3.8) is 0 Å². The Bertz CT molecular complexity index is 613. The molecule has 0 atom stereocenters. The van der Waals surface area contributed by atoms with E-state index >= 15 is 0 Å². The molecule has 1 aromatic heterocycles. The summed E-state index contributed by atoms with van der Waals surface area (Å²) < 4.78 is 6.17. The molecule has 1 aromatic carbocycles. The van der Waals surface area contributed by atoms with Gasteiger partial charge in [0.1, 0.15) is 5.75 Å². The number of carbonyl (C=O) groups is 1. The molecule has 2 N–H and O–H groups in total. The van der Waals surface area contributed by atoms with Crippen LogP contribution in [0.4, 0.5) is 11.4 Å². The Morgan fingerprint density at radius 2 is 2.20 bits per heavy atom. The minimum Gasteiger partial charge on any atom is -0.495 e. The topological polar surface area (TPSA) is 50.4 Å². The Hall–Kier alpha value is -1.53. The lowest BCUT2D eigenvalue weighted by Crippen LogP contribution is -2.08. The molecule has 6 heteroatoms. The highest BCUT2D eigenvalue weighted by Gasteiger charge is 2.06. The number of hydrogen-bond donors (Lipinski definition) is 2. The van der Waals surface area contributed by atoms with Gasteiger partial charge in [-0.2, -0.15) is 0 Å². The van der Waals surface area contributed by atoms with E-state index in [0.717, 1.165) is 26.5 Å². The van der Waals surface area contributed by atoms with Crippen molar-refractivity contribution in [3.8, 4) is 5.75 Å². The third-order valence-electron chi connectivity index (χ3n) is 2.66. The quantitative estimate of drug-likeness (QED) is 0.849. The Kier molecular flexibility index (Phi) is 5.03. The summed E-state index contributed by atoms with van der Waals surface area (Å²) in [5, 5.41) is 8.10. The van der Waals surface area contributed by atoms with Crippen molar-refractivity contribution in [1.29, 1.82) is 0 Å². The molecule has 2 rings (SSSR count). The molecule has 0 saturated carbocycles. The smallest absolute Gasteiger partial charge is 0.221 e. The largest absolute Gasteiger partial charge is 0.495 e. The summed E-state index contributed by atoms with van der Waals surface area (Å²) in [6, 6.07) is 7.74. The number of hydrogen-bond acceptors (Lipinski definition) is 4. The van der Waals surface area contributed by atoms with Crippen molar-refractivity contribution >= 4 is 44.5 Å². The number of benzene rings is 1. The van der Waals surface area contributed by atoms with E-state index in [4.69, 9.17) is 4.74 Å². The second-order valence-corrected chi connectivity index (χ2v) is 6.00. The molecule has 1 amide bonds. The Morgan fingerprint density at radius 3 is 2.90 bits per heavy atom. The van der Waals surface area contributed by atoms with Crippen LogP contribution < -0.4 is 15.4 Å². The van der Waals surface area contributed by atoms with Crippen molar-refractivity contribution in [2.45, 2.75) is 13.5 Å². The van der Waals surface area contributed by atoms with Crippen LogP contribution in [0.5, 0.6) is 5.75 Å². The van der Waals surface area contributed by atoms with Crippen molar-refractivity contribution in [3.05, 3.63) is 39.0 Å². The van der Waals surface area contributed by atoms with E-state index in [-0.39, 0.29) is 5.91 Å². The number of amides is 1. The van der Waals surface area contributed by atoms with Gasteiger partial charge in [0, 0.05) is 23.6 Å². The summed E-state index contributed by atoms with van der Waals surface area (Å²) >= 11 is 5.03. The normalized spacial score (nSPS) is 10.2. The summed E-state index contributed by atoms with van der Waals surface area (Å²) in [5.41, 5.74) is 1.83. The van der Waals surface area contributed by atoms with Gasteiger partial charge in [-0.3, -0.25) is 4.79 Å². The summed E-state index contributed by atoms with van der Waals surface area (Å²) in [6.45, 7) is 2.16. The second-order valence-electron chi connectivity index (χ2n) is 4.14. The van der Waals surface area contributed by atoms with Gasteiger partial charge in [0.15, 0.2) is 0 Å². The maximum absolute atomic E-state index is 11.1. The van der Waals surface area contributed by atoms with E-state index in [2.05, 4.69) is 26.6 Å². The highest BCUT2D eigenvalue weighted by atomic mass is 79.9. The van der Waals surface area contributed by atoms with Gasteiger partial charge < -0.3 is 15.4 Å². The predicted molar refractivity (Wildman–Crippen MR) is 86.6 cm³/mol. The molecular formula is C14H15BrN2O2S. The third-order valence-corrected chi connectivity index (χ3v) is 4.24. The highest BCUT2D eigenvalue weighted by Crippen LogP contribution is 2.29. The molecule has 0 spiro atoms. The Balaban J connectivity index is 2.05. The average Bonchev–Trinajstić information content (AvgIpc) is 2.84. The van der Waals surface area contributed by atoms with Crippen molar-refractivity contribution in [1.82, 2.24) is 0 Å². The van der Waals surface area contributed by atoms with Crippen LogP contribution >= 0.6 is 27.3 Å². The van der Waals surface area contributed by atoms with Crippen LogP contribution in [0, 0.1) is 0 Å². The van der Waals surface area contributed by atoms with E-state index in [1.54, 1.807) is 18.4 Å². The van der Waals surface area contributed by atoms with Crippen LogP contribution in [0.15, 0.2) is 34.1 Å². The van der Waals surface area contributed by atoms with Gasteiger partial charge >= 0.3 is 0 Å². The second kappa shape index (κ2) is 6.76. The molecule has 0 aliphatic rings. The number of ether oxygens (including phenoxy) is 1. The van der Waals surface area contributed by atoms with E-state index in [9.17, 15) is 4.79 Å². The number of nitrogens with one attached hydrogen (secondary N) is 2. The molecule has 0 unspecified atom stereocenters. The van der Waals surface area contributed by atoms with Gasteiger partial charge in [-0.1, -0.05) is 0 Å². The van der Waals surface area contributed by atoms with Crippen LogP contribution in [0.1, 0.15) is 11.8 Å². The van der Waals surface area contributed by atoms with E-state index < -0.39 is 0 Å². The van der Waals surface area contributed by atoms with Gasteiger partial charge in [0.05, 0.1) is 23.8 Å². The molecule has 0 saturated heterocycles. The lowest BCUT2D eigenvalue weighted by Gasteiger charge is -2.10. The molecule has 0 bridgehead atoms. The van der Waals surface area contributed by atoms with E-state index in [1.807, 2.05) is 29.6 Å². The highest BCUT2D eigenvalue weighted by molar-refractivity contribution is 9.10. The van der Waals surface area contributed by atoms with Gasteiger partial charge in [0.25, 0.3) is 0 Å². The Labute approximate surface area is 130 Å². The average molecular weight is 355 g/mol. The molecule has 0 fully saturated rings. The van der Waals surface area contributed by atoms with Crippen LogP contribution in [0.25, 0.3) is 0 Å². The SMILES string of the molecule is COc1cc(NCc2sccc2NC(C)=O)ccc1Br. The first kappa shape index (κ1) is 14.9. The summed E-state index contributed by atoms with van der Waals surface area (Å²) in [7, 11) is 1.64. The number of halogens is 1. The molecule has 1 heterocycles. The maximum atomic E-state index is 11.1. The lowest BCUT2D eigenvalue weighted by molar-refractivity contribution is -0.114. The number of methoxy groups -OCH3 is 1. The first-order valence-corrected chi connectivity index (χ1v) is 7.69. The van der Waals surface area contributed by atoms with Crippen LogP contribution in [-0.2, 0) is 11.3 Å². The van der Waals surface area contributed by atoms with E-state index in [0.29, 0.717) is 6.54 Å². The third kappa shape index (κ3) is 3.74. The van der Waals surface area contributed by atoms with Crippen LogP contribution in [-0.4, -0.2) is 13.0 Å². The minimum atomic E-state index is -0.0602. The van der Waals surface area contributed by atoms with Gasteiger partial charge in [-0.05, 0) is 39.5 Å². The first-order valence-electron chi connectivity index (χ1n) is 6.01. The molecule has 4 nitrogen and oxygen atoms in total. The summed E-state index contributed by atoms with van der Waals surface area (Å²) in [6.07, 6.45) is 0. The molecule has 0 radical (unpaired) electrons. The first-order chi connectivity index (χ1) is 9.60. The molecule has 20 heavy (non-hydrogen) atoms. The van der Waals surface area contributed by atoms with Gasteiger partial charge in [0.2, 0.25) is 5.91 Å². The van der Waals surface area contributed by atoms with Gasteiger partial charge in [-0.15, -0.1) is 11.3 Å². The molecule has 0 aliphatic heterocycles. The molecule has 106 valence electrons. The fourth-order valence-corrected chi connectivity index (χ4v) is 2.91. The number of thiophene rings is 1. The van der Waals surface area contributed by atoms with Crippen LogP contribution in [0.2, 0.25) is 0 Å². The number of anilines is 2. The molecule has 2 aromatic rings. The summed E-state index contributed by atoms with van der Waals surface area (Å²) in [5.74, 6) is 0.721. The molecular weight excluding hydrogens is 340 g/mol. The summed E-state index contributed by atoms with van der Waals surface area (Å²) in [4.78, 5) is 12.2. The predicted octanol–water partition coefficient (Wildman–Crippen LogP) is 4.09.